The fraction of sp³-hybridized carbons (Fsp3) is 0.375. The molecule has 1 heterocycles. The molecule has 0 aliphatic carbocycles. The largest absolute Gasteiger partial charge is 0.416 e. The number of aryl methyl sites for hydroxylation is 2. The van der Waals surface area contributed by atoms with Gasteiger partial charge < -0.3 is 15.2 Å². The lowest BCUT2D eigenvalue weighted by molar-refractivity contribution is -0.384. The van der Waals surface area contributed by atoms with Crippen molar-refractivity contribution in [1.29, 1.82) is 0 Å². The normalized spacial score (nSPS) is 11.3. The molecule has 0 saturated heterocycles. The van der Waals surface area contributed by atoms with E-state index in [4.69, 9.17) is 4.52 Å². The fourth-order valence-electron chi connectivity index (χ4n) is 2.38. The van der Waals surface area contributed by atoms with E-state index in [2.05, 4.69) is 15.8 Å². The van der Waals surface area contributed by atoms with Crippen molar-refractivity contribution in [3.8, 4) is 0 Å². The number of nitro groups is 1. The summed E-state index contributed by atoms with van der Waals surface area (Å²) in [6.07, 6.45) is -4.60. The van der Waals surface area contributed by atoms with Crippen LogP contribution in [0, 0.1) is 24.0 Å². The van der Waals surface area contributed by atoms with E-state index >= 15 is 0 Å². The number of anilines is 1. The number of halogens is 3. The SMILES string of the molecule is Cc1noc(C)c1CC(=O)NCCNc1ccc(C(F)(F)F)cc1[N+](=O)[O-]. The summed E-state index contributed by atoms with van der Waals surface area (Å²) in [6, 6.07) is 2.22. The summed E-state index contributed by atoms with van der Waals surface area (Å²) in [4.78, 5) is 22.0. The second-order valence-electron chi connectivity index (χ2n) is 5.74. The highest BCUT2D eigenvalue weighted by Crippen LogP contribution is 2.34. The maximum Gasteiger partial charge on any atom is 0.416 e. The predicted octanol–water partition coefficient (Wildman–Crippen LogP) is 2.99. The van der Waals surface area contributed by atoms with Gasteiger partial charge in [-0.25, -0.2) is 0 Å². The predicted molar refractivity (Wildman–Crippen MR) is 89.3 cm³/mol. The molecule has 2 rings (SSSR count). The van der Waals surface area contributed by atoms with Gasteiger partial charge >= 0.3 is 6.18 Å². The molecule has 1 aromatic heterocycles. The Morgan fingerprint density at radius 3 is 2.56 bits per heavy atom. The van der Waals surface area contributed by atoms with Gasteiger partial charge in [0.25, 0.3) is 5.69 Å². The zero-order chi connectivity index (χ0) is 20.2. The molecule has 2 aromatic rings. The molecule has 8 nitrogen and oxygen atoms in total. The van der Waals surface area contributed by atoms with Crippen LogP contribution in [0.1, 0.15) is 22.6 Å². The minimum Gasteiger partial charge on any atom is -0.378 e. The summed E-state index contributed by atoms with van der Waals surface area (Å²) in [5.41, 5.74) is -0.563. The van der Waals surface area contributed by atoms with Crippen molar-refractivity contribution in [2.24, 2.45) is 0 Å². The van der Waals surface area contributed by atoms with E-state index in [1.54, 1.807) is 13.8 Å². The summed E-state index contributed by atoms with van der Waals surface area (Å²) >= 11 is 0. The first-order valence-corrected chi connectivity index (χ1v) is 7.87. The number of aromatic nitrogens is 1. The van der Waals surface area contributed by atoms with Crippen molar-refractivity contribution in [2.75, 3.05) is 18.4 Å². The molecule has 0 fully saturated rings. The highest BCUT2D eigenvalue weighted by atomic mass is 19.4. The minimum absolute atomic E-state index is 0.0621. The molecule has 0 bridgehead atoms. The highest BCUT2D eigenvalue weighted by molar-refractivity contribution is 5.79. The molecule has 146 valence electrons. The molecule has 0 atom stereocenters. The molecular formula is C16H17F3N4O4. The van der Waals surface area contributed by atoms with Crippen LogP contribution in [0.15, 0.2) is 22.7 Å². The van der Waals surface area contributed by atoms with E-state index in [0.29, 0.717) is 23.1 Å². The number of rotatable bonds is 7. The van der Waals surface area contributed by atoms with E-state index in [-0.39, 0.29) is 31.1 Å². The van der Waals surface area contributed by atoms with Crippen LogP contribution in [0.4, 0.5) is 24.5 Å². The van der Waals surface area contributed by atoms with Gasteiger partial charge in [-0.3, -0.25) is 14.9 Å². The Kier molecular flexibility index (Phi) is 6.03. The standard InChI is InChI=1S/C16H17F3N4O4/c1-9-12(10(2)27-22-9)8-15(24)21-6-5-20-13-4-3-11(16(17,18)19)7-14(13)23(25)26/h3-4,7,20H,5-6,8H2,1-2H3,(H,21,24). The van der Waals surface area contributed by atoms with Crippen LogP contribution in [-0.4, -0.2) is 29.1 Å². The number of nitro benzene ring substituents is 1. The summed E-state index contributed by atoms with van der Waals surface area (Å²) < 4.78 is 43.0. The van der Waals surface area contributed by atoms with Crippen LogP contribution < -0.4 is 10.6 Å². The van der Waals surface area contributed by atoms with Gasteiger partial charge in [0, 0.05) is 24.7 Å². The first-order valence-electron chi connectivity index (χ1n) is 7.87. The van der Waals surface area contributed by atoms with Gasteiger partial charge in [-0.2, -0.15) is 13.2 Å². The average molecular weight is 386 g/mol. The smallest absolute Gasteiger partial charge is 0.378 e. The van der Waals surface area contributed by atoms with Crippen LogP contribution in [0.3, 0.4) is 0 Å². The Labute approximate surface area is 151 Å². The molecular weight excluding hydrogens is 369 g/mol. The zero-order valence-corrected chi connectivity index (χ0v) is 14.5. The van der Waals surface area contributed by atoms with Crippen molar-refractivity contribution in [2.45, 2.75) is 26.4 Å². The molecule has 0 spiro atoms. The van der Waals surface area contributed by atoms with Crippen molar-refractivity contribution >= 4 is 17.3 Å². The number of alkyl halides is 3. The number of nitrogens with zero attached hydrogens (tertiary/aromatic N) is 2. The van der Waals surface area contributed by atoms with Gasteiger partial charge in [0.15, 0.2) is 0 Å². The quantitative estimate of drug-likeness (QED) is 0.430. The lowest BCUT2D eigenvalue weighted by atomic mass is 10.1. The van der Waals surface area contributed by atoms with E-state index in [9.17, 15) is 28.1 Å². The molecule has 1 aromatic carbocycles. The maximum absolute atomic E-state index is 12.7. The Hall–Kier alpha value is -3.11. The first kappa shape index (κ1) is 20.2. The van der Waals surface area contributed by atoms with Crippen LogP contribution in [0.2, 0.25) is 0 Å². The molecule has 0 aliphatic heterocycles. The van der Waals surface area contributed by atoms with Crippen molar-refractivity contribution in [3.63, 3.8) is 0 Å². The Bertz CT molecular complexity index is 829. The lowest BCUT2D eigenvalue weighted by Gasteiger charge is -2.11. The molecule has 27 heavy (non-hydrogen) atoms. The number of hydrogen-bond donors (Lipinski definition) is 2. The summed E-state index contributed by atoms with van der Waals surface area (Å²) in [6.45, 7) is 3.62. The van der Waals surface area contributed by atoms with Crippen LogP contribution in [-0.2, 0) is 17.4 Å². The van der Waals surface area contributed by atoms with E-state index in [1.165, 1.54) is 0 Å². The van der Waals surface area contributed by atoms with Crippen LogP contribution in [0.25, 0.3) is 0 Å². The fourth-order valence-corrected chi connectivity index (χ4v) is 2.38. The molecule has 0 aliphatic rings. The topological polar surface area (TPSA) is 110 Å². The summed E-state index contributed by atoms with van der Waals surface area (Å²) in [5.74, 6) is 0.245. The average Bonchev–Trinajstić information content (AvgIpc) is 2.89. The first-order chi connectivity index (χ1) is 12.6. The van der Waals surface area contributed by atoms with Crippen LogP contribution in [0.5, 0.6) is 0 Å². The number of carbonyl (C=O) groups excluding carboxylic acids is 1. The van der Waals surface area contributed by atoms with Crippen molar-refractivity contribution in [3.05, 3.63) is 50.9 Å². The molecule has 0 saturated carbocycles. The van der Waals surface area contributed by atoms with Crippen molar-refractivity contribution < 1.29 is 27.4 Å². The van der Waals surface area contributed by atoms with Crippen molar-refractivity contribution in [1.82, 2.24) is 10.5 Å². The Balaban J connectivity index is 1.91. The number of benzene rings is 1. The number of nitrogens with one attached hydrogen (secondary N) is 2. The molecule has 1 amide bonds. The zero-order valence-electron chi connectivity index (χ0n) is 14.5. The third-order valence-corrected chi connectivity index (χ3v) is 3.80. The lowest BCUT2D eigenvalue weighted by Crippen LogP contribution is -2.30. The number of hydrogen-bond acceptors (Lipinski definition) is 6. The monoisotopic (exact) mass is 386 g/mol. The molecule has 11 heteroatoms. The summed E-state index contributed by atoms with van der Waals surface area (Å²) in [5, 5.41) is 20.0. The second kappa shape index (κ2) is 8.06. The number of amides is 1. The van der Waals surface area contributed by atoms with Gasteiger partial charge in [-0.1, -0.05) is 5.16 Å². The molecule has 0 radical (unpaired) electrons. The second-order valence-corrected chi connectivity index (χ2v) is 5.74. The van der Waals surface area contributed by atoms with E-state index in [0.717, 1.165) is 12.1 Å². The maximum atomic E-state index is 12.7. The third-order valence-electron chi connectivity index (χ3n) is 3.80. The third kappa shape index (κ3) is 5.19. The van der Waals surface area contributed by atoms with Crippen LogP contribution >= 0.6 is 0 Å². The number of carbonyl (C=O) groups is 1. The van der Waals surface area contributed by atoms with Gasteiger partial charge in [-0.05, 0) is 26.0 Å². The highest BCUT2D eigenvalue weighted by Gasteiger charge is 2.33. The van der Waals surface area contributed by atoms with Gasteiger partial charge in [0.1, 0.15) is 11.4 Å². The van der Waals surface area contributed by atoms with E-state index < -0.39 is 22.4 Å². The van der Waals surface area contributed by atoms with Gasteiger partial charge in [-0.15, -0.1) is 0 Å². The van der Waals surface area contributed by atoms with E-state index in [1.807, 2.05) is 0 Å². The minimum atomic E-state index is -4.67. The summed E-state index contributed by atoms with van der Waals surface area (Å²) in [7, 11) is 0. The molecule has 2 N–H and O–H groups in total. The Morgan fingerprint density at radius 2 is 2.00 bits per heavy atom. The van der Waals surface area contributed by atoms with Gasteiger partial charge in [0.2, 0.25) is 5.91 Å². The molecule has 0 unspecified atom stereocenters. The Morgan fingerprint density at radius 1 is 1.30 bits per heavy atom. The van der Waals surface area contributed by atoms with Gasteiger partial charge in [0.05, 0.1) is 22.6 Å².